The lowest BCUT2D eigenvalue weighted by atomic mass is 10.1. The smallest absolute Gasteiger partial charge is 0.312 e. The first-order valence-corrected chi connectivity index (χ1v) is 9.90. The van der Waals surface area contributed by atoms with Gasteiger partial charge in [-0.15, -0.1) is 0 Å². The molecule has 0 N–H and O–H groups in total. The van der Waals surface area contributed by atoms with E-state index in [0.29, 0.717) is 24.2 Å². The first-order valence-electron chi connectivity index (χ1n) is 9.90. The Kier molecular flexibility index (Phi) is 4.14. The summed E-state index contributed by atoms with van der Waals surface area (Å²) in [5.74, 6) is 0.212. The molecule has 2 saturated carbocycles. The highest BCUT2D eigenvalue weighted by Crippen LogP contribution is 2.53. The van der Waals surface area contributed by atoms with E-state index in [2.05, 4.69) is 4.98 Å². The van der Waals surface area contributed by atoms with Gasteiger partial charge in [0.25, 0.3) is 0 Å². The minimum Gasteiger partial charge on any atom is -0.330 e. The summed E-state index contributed by atoms with van der Waals surface area (Å²) in [6, 6.07) is 10.8. The molecule has 0 radical (unpaired) electrons. The Morgan fingerprint density at radius 2 is 1.75 bits per heavy atom. The quantitative estimate of drug-likeness (QED) is 0.768. The van der Waals surface area contributed by atoms with Crippen LogP contribution in [0.15, 0.2) is 42.6 Å². The number of benzene rings is 1. The first kappa shape index (κ1) is 17.3. The number of fused-ring (bicyclic) bond motifs is 1. The number of carbonyl (C=O) groups excluding carboxylic acids is 2. The molecule has 1 aromatic carbocycles. The average Bonchev–Trinajstić information content (AvgIpc) is 3.32. The fraction of sp³-hybridized carbons (Fsp3) is 0.409. The molecule has 144 valence electrons. The first-order chi connectivity index (χ1) is 13.6. The summed E-state index contributed by atoms with van der Waals surface area (Å²) in [6.45, 7) is 1.25. The predicted octanol–water partition coefficient (Wildman–Crippen LogP) is 2.86. The molecule has 1 saturated heterocycles. The van der Waals surface area contributed by atoms with Gasteiger partial charge in [0.1, 0.15) is 11.5 Å². The third-order valence-electron chi connectivity index (χ3n) is 6.32. The van der Waals surface area contributed by atoms with E-state index in [-0.39, 0.29) is 18.3 Å². The molecule has 2 aliphatic carbocycles. The third kappa shape index (κ3) is 3.07. The fourth-order valence-electron chi connectivity index (χ4n) is 4.72. The molecule has 2 aromatic rings. The molecule has 6 heteroatoms. The number of hydrogen-bond acceptors (Lipinski definition) is 3. The summed E-state index contributed by atoms with van der Waals surface area (Å²) >= 11 is 0. The van der Waals surface area contributed by atoms with Crippen molar-refractivity contribution in [2.45, 2.75) is 31.8 Å². The van der Waals surface area contributed by atoms with Crippen molar-refractivity contribution in [2.24, 2.45) is 11.8 Å². The highest BCUT2D eigenvalue weighted by Gasteiger charge is 2.49. The maximum absolute atomic E-state index is 14.5. The molecule has 0 spiro atoms. The van der Waals surface area contributed by atoms with Crippen molar-refractivity contribution >= 4 is 11.8 Å². The highest BCUT2D eigenvalue weighted by atomic mass is 19.1. The van der Waals surface area contributed by atoms with Gasteiger partial charge in [-0.2, -0.15) is 0 Å². The van der Waals surface area contributed by atoms with Crippen LogP contribution < -0.4 is 0 Å². The van der Waals surface area contributed by atoms with E-state index in [9.17, 15) is 14.0 Å². The summed E-state index contributed by atoms with van der Waals surface area (Å²) in [7, 11) is 0. The van der Waals surface area contributed by atoms with Crippen LogP contribution in [-0.4, -0.2) is 45.7 Å². The van der Waals surface area contributed by atoms with E-state index in [1.165, 1.54) is 17.4 Å². The molecule has 2 heterocycles. The minimum atomic E-state index is -0.487. The molecule has 3 aliphatic rings. The number of piperazine rings is 1. The second-order valence-electron chi connectivity index (χ2n) is 8.15. The number of hydrogen-bond donors (Lipinski definition) is 0. The van der Waals surface area contributed by atoms with E-state index in [1.54, 1.807) is 23.2 Å². The van der Waals surface area contributed by atoms with Crippen molar-refractivity contribution in [1.82, 2.24) is 14.8 Å². The lowest BCUT2D eigenvalue weighted by molar-refractivity contribution is -0.158. The largest absolute Gasteiger partial charge is 0.330 e. The van der Waals surface area contributed by atoms with Gasteiger partial charge in [-0.05, 0) is 42.7 Å². The number of aromatic nitrogens is 1. The van der Waals surface area contributed by atoms with Crippen molar-refractivity contribution in [2.75, 3.05) is 13.1 Å². The second kappa shape index (κ2) is 6.69. The van der Waals surface area contributed by atoms with Gasteiger partial charge in [0.2, 0.25) is 0 Å². The van der Waals surface area contributed by atoms with Crippen LogP contribution in [0.2, 0.25) is 0 Å². The van der Waals surface area contributed by atoms with Gasteiger partial charge in [-0.1, -0.05) is 30.3 Å². The van der Waals surface area contributed by atoms with E-state index in [0.717, 1.165) is 24.7 Å². The number of pyridine rings is 1. The molecule has 28 heavy (non-hydrogen) atoms. The molecule has 0 bridgehead atoms. The Morgan fingerprint density at radius 3 is 2.46 bits per heavy atom. The van der Waals surface area contributed by atoms with Gasteiger partial charge in [0, 0.05) is 37.4 Å². The Hall–Kier alpha value is -2.76. The molecule has 5 rings (SSSR count). The van der Waals surface area contributed by atoms with Crippen LogP contribution in [0, 0.1) is 17.7 Å². The molecule has 2 amide bonds. The Balaban J connectivity index is 1.27. The summed E-state index contributed by atoms with van der Waals surface area (Å²) in [6.07, 6.45) is 4.95. The maximum atomic E-state index is 14.5. The number of carbonyl (C=O) groups is 2. The summed E-state index contributed by atoms with van der Waals surface area (Å²) in [4.78, 5) is 32.7. The topological polar surface area (TPSA) is 53.5 Å². The lowest BCUT2D eigenvalue weighted by Crippen LogP contribution is -2.56. The Labute approximate surface area is 163 Å². The van der Waals surface area contributed by atoms with Crippen LogP contribution in [0.1, 0.15) is 24.8 Å². The normalized spacial score (nSPS) is 26.5. The zero-order chi connectivity index (χ0) is 19.3. The van der Waals surface area contributed by atoms with Gasteiger partial charge >= 0.3 is 11.8 Å². The summed E-state index contributed by atoms with van der Waals surface area (Å²) in [5.41, 5.74) is 1.59. The number of rotatable bonds is 4. The van der Waals surface area contributed by atoms with Crippen molar-refractivity contribution in [3.8, 4) is 11.3 Å². The Morgan fingerprint density at radius 1 is 1.00 bits per heavy atom. The number of nitrogens with zero attached hydrogens (tertiary/aromatic N) is 3. The average molecular weight is 379 g/mol. The van der Waals surface area contributed by atoms with E-state index in [1.807, 2.05) is 18.2 Å². The number of amides is 2. The van der Waals surface area contributed by atoms with Crippen molar-refractivity contribution in [3.05, 3.63) is 54.0 Å². The molecule has 3 atom stereocenters. The predicted molar refractivity (Wildman–Crippen MR) is 101 cm³/mol. The summed E-state index contributed by atoms with van der Waals surface area (Å²) < 4.78 is 14.5. The lowest BCUT2D eigenvalue weighted by Gasteiger charge is -2.37. The number of halogens is 1. The third-order valence-corrected chi connectivity index (χ3v) is 6.32. The van der Waals surface area contributed by atoms with Gasteiger partial charge in [0.05, 0.1) is 0 Å². The molecular formula is C22H22FN3O2. The van der Waals surface area contributed by atoms with Crippen molar-refractivity contribution < 1.29 is 14.0 Å². The molecule has 5 nitrogen and oxygen atoms in total. The van der Waals surface area contributed by atoms with Gasteiger partial charge in [0.15, 0.2) is 0 Å². The minimum absolute atomic E-state index is 0.202. The molecule has 3 fully saturated rings. The SMILES string of the molecule is O=C1C(=O)N(C2C[C@@H]3C[C@@H]3C2)CCN1Cc1cnc(-c2ccccc2)c(F)c1. The molecular weight excluding hydrogens is 357 g/mol. The van der Waals surface area contributed by atoms with E-state index in [4.69, 9.17) is 0 Å². The van der Waals surface area contributed by atoms with Crippen LogP contribution in [0.25, 0.3) is 11.3 Å². The van der Waals surface area contributed by atoms with Gasteiger partial charge in [-0.3, -0.25) is 14.6 Å². The van der Waals surface area contributed by atoms with E-state index >= 15 is 0 Å². The van der Waals surface area contributed by atoms with Crippen LogP contribution in [0.3, 0.4) is 0 Å². The van der Waals surface area contributed by atoms with Crippen molar-refractivity contribution in [3.63, 3.8) is 0 Å². The van der Waals surface area contributed by atoms with Gasteiger partial charge < -0.3 is 9.80 Å². The highest BCUT2D eigenvalue weighted by molar-refractivity contribution is 6.35. The Bertz CT molecular complexity index is 923. The standard InChI is InChI=1S/C22H22FN3O2/c23-19-8-14(12-24-20(19)15-4-2-1-3-5-15)13-25-6-7-26(22(28)21(25)27)18-10-16-9-17(16)11-18/h1-5,8,12,16-18H,6-7,9-11,13H2/t16-,17+,18?. The maximum Gasteiger partial charge on any atom is 0.312 e. The van der Waals surface area contributed by atoms with Gasteiger partial charge in [-0.25, -0.2) is 4.39 Å². The zero-order valence-corrected chi connectivity index (χ0v) is 15.6. The fourth-order valence-corrected chi connectivity index (χ4v) is 4.72. The molecule has 1 unspecified atom stereocenters. The monoisotopic (exact) mass is 379 g/mol. The van der Waals surface area contributed by atoms with Crippen LogP contribution >= 0.6 is 0 Å². The van der Waals surface area contributed by atoms with Crippen molar-refractivity contribution in [1.29, 1.82) is 0 Å². The second-order valence-corrected chi connectivity index (χ2v) is 8.15. The van der Waals surface area contributed by atoms with Crippen LogP contribution in [0.5, 0.6) is 0 Å². The summed E-state index contributed by atoms with van der Waals surface area (Å²) in [5, 5.41) is 0. The molecule has 1 aromatic heterocycles. The molecule has 1 aliphatic heterocycles. The zero-order valence-electron chi connectivity index (χ0n) is 15.6. The van der Waals surface area contributed by atoms with Crippen LogP contribution in [-0.2, 0) is 16.1 Å². The van der Waals surface area contributed by atoms with Crippen LogP contribution in [0.4, 0.5) is 4.39 Å². The van der Waals surface area contributed by atoms with E-state index < -0.39 is 17.6 Å².